The Morgan fingerprint density at radius 3 is 1.57 bits per heavy atom. The van der Waals surface area contributed by atoms with Crippen molar-refractivity contribution in [2.24, 2.45) is 0 Å². The Labute approximate surface area is 281 Å². The van der Waals surface area contributed by atoms with Crippen molar-refractivity contribution in [1.29, 1.82) is 0 Å². The zero-order chi connectivity index (χ0) is 32.2. The van der Waals surface area contributed by atoms with Gasteiger partial charge in [-0.25, -0.2) is 0 Å². The summed E-state index contributed by atoms with van der Waals surface area (Å²) in [5.41, 5.74) is 11.0. The van der Waals surface area contributed by atoms with E-state index in [0.29, 0.717) is 0 Å². The molecule has 230 valence electrons. The van der Waals surface area contributed by atoms with E-state index in [1.165, 1.54) is 65.4 Å². The SMILES string of the molecule is CCn1c2ccc(-c3c4ccccc4c(-c4ccc5c(c4)oc4ccccc45)c4ccccc34)cc2c2c3c(ccc21)oc1ccccc13. The van der Waals surface area contributed by atoms with Crippen molar-refractivity contribution in [3.8, 4) is 22.3 Å². The summed E-state index contributed by atoms with van der Waals surface area (Å²) in [5, 5.41) is 12.1. The molecule has 3 aromatic heterocycles. The van der Waals surface area contributed by atoms with Gasteiger partial charge in [-0.3, -0.25) is 0 Å². The molecule has 0 radical (unpaired) electrons. The van der Waals surface area contributed by atoms with Gasteiger partial charge in [0.25, 0.3) is 0 Å². The summed E-state index contributed by atoms with van der Waals surface area (Å²) in [4.78, 5) is 0. The van der Waals surface area contributed by atoms with Crippen LogP contribution in [0.3, 0.4) is 0 Å². The minimum atomic E-state index is 0.886. The lowest BCUT2D eigenvalue weighted by molar-refractivity contribution is 0.668. The van der Waals surface area contributed by atoms with Gasteiger partial charge in [-0.2, -0.15) is 0 Å². The molecule has 0 bridgehead atoms. The molecular weight excluding hydrogens is 599 g/mol. The van der Waals surface area contributed by atoms with Gasteiger partial charge in [0.05, 0.1) is 0 Å². The number of hydrogen-bond donors (Lipinski definition) is 0. The second kappa shape index (κ2) is 9.85. The highest BCUT2D eigenvalue weighted by molar-refractivity contribution is 6.28. The molecule has 3 nitrogen and oxygen atoms in total. The van der Waals surface area contributed by atoms with Crippen LogP contribution in [-0.4, -0.2) is 4.57 Å². The molecule has 49 heavy (non-hydrogen) atoms. The highest BCUT2D eigenvalue weighted by Gasteiger charge is 2.21. The van der Waals surface area contributed by atoms with E-state index in [0.717, 1.165) is 50.6 Å². The molecule has 11 rings (SSSR count). The van der Waals surface area contributed by atoms with Crippen LogP contribution in [0.2, 0.25) is 0 Å². The van der Waals surface area contributed by atoms with Crippen LogP contribution in [0.1, 0.15) is 6.92 Å². The number of aromatic nitrogens is 1. The first-order valence-electron chi connectivity index (χ1n) is 17.0. The first-order chi connectivity index (χ1) is 24.3. The van der Waals surface area contributed by atoms with Gasteiger partial charge in [0, 0.05) is 49.9 Å². The Bertz CT molecular complexity index is 3090. The van der Waals surface area contributed by atoms with E-state index in [-0.39, 0.29) is 0 Å². The first kappa shape index (κ1) is 26.7. The fourth-order valence-electron chi connectivity index (χ4n) is 8.53. The average Bonchev–Trinajstić information content (AvgIpc) is 3.82. The average molecular weight is 628 g/mol. The molecule has 0 saturated carbocycles. The minimum absolute atomic E-state index is 0.886. The molecule has 8 aromatic carbocycles. The van der Waals surface area contributed by atoms with Crippen molar-refractivity contribution in [2.75, 3.05) is 0 Å². The molecule has 0 atom stereocenters. The Balaban J connectivity index is 1.23. The molecule has 11 aromatic rings. The number of hydrogen-bond acceptors (Lipinski definition) is 2. The van der Waals surface area contributed by atoms with Crippen LogP contribution in [-0.2, 0) is 6.54 Å². The predicted octanol–water partition coefficient (Wildman–Crippen LogP) is 13.3. The minimum Gasteiger partial charge on any atom is -0.456 e. The van der Waals surface area contributed by atoms with Gasteiger partial charge in [0.15, 0.2) is 0 Å². The first-order valence-corrected chi connectivity index (χ1v) is 17.0. The number of rotatable bonds is 3. The maximum absolute atomic E-state index is 6.37. The molecule has 0 N–H and O–H groups in total. The third-order valence-corrected chi connectivity index (χ3v) is 10.6. The fourth-order valence-corrected chi connectivity index (χ4v) is 8.53. The zero-order valence-corrected chi connectivity index (χ0v) is 26.8. The van der Waals surface area contributed by atoms with Crippen molar-refractivity contribution < 1.29 is 8.83 Å². The molecule has 0 unspecified atom stereocenters. The monoisotopic (exact) mass is 627 g/mol. The lowest BCUT2D eigenvalue weighted by atomic mass is 9.85. The van der Waals surface area contributed by atoms with Gasteiger partial charge in [-0.05, 0) is 99.3 Å². The molecule has 0 aliphatic heterocycles. The largest absolute Gasteiger partial charge is 0.456 e. The fraction of sp³-hybridized carbons (Fsp3) is 0.0435. The molecular formula is C46H29NO2. The van der Waals surface area contributed by atoms with Crippen LogP contribution in [0.4, 0.5) is 0 Å². The van der Waals surface area contributed by atoms with Crippen LogP contribution in [0.15, 0.2) is 154 Å². The van der Waals surface area contributed by atoms with E-state index >= 15 is 0 Å². The van der Waals surface area contributed by atoms with Crippen molar-refractivity contribution in [1.82, 2.24) is 4.57 Å². The smallest absolute Gasteiger partial charge is 0.136 e. The van der Waals surface area contributed by atoms with Crippen LogP contribution < -0.4 is 0 Å². The zero-order valence-electron chi connectivity index (χ0n) is 26.8. The second-order valence-electron chi connectivity index (χ2n) is 13.1. The summed E-state index contributed by atoms with van der Waals surface area (Å²) >= 11 is 0. The third kappa shape index (κ3) is 3.62. The van der Waals surface area contributed by atoms with Crippen molar-refractivity contribution in [2.45, 2.75) is 13.5 Å². The molecule has 3 heterocycles. The Hall–Kier alpha value is -6.32. The van der Waals surface area contributed by atoms with Crippen LogP contribution >= 0.6 is 0 Å². The number of para-hydroxylation sites is 2. The van der Waals surface area contributed by atoms with Gasteiger partial charge in [0.1, 0.15) is 22.3 Å². The van der Waals surface area contributed by atoms with Crippen molar-refractivity contribution in [3.05, 3.63) is 146 Å². The van der Waals surface area contributed by atoms with Crippen molar-refractivity contribution in [3.63, 3.8) is 0 Å². The third-order valence-electron chi connectivity index (χ3n) is 10.6. The van der Waals surface area contributed by atoms with E-state index in [4.69, 9.17) is 8.83 Å². The number of benzene rings is 8. The summed E-state index contributed by atoms with van der Waals surface area (Å²) in [5.74, 6) is 0. The Morgan fingerprint density at radius 2 is 0.898 bits per heavy atom. The topological polar surface area (TPSA) is 31.2 Å². The van der Waals surface area contributed by atoms with Gasteiger partial charge in [0.2, 0.25) is 0 Å². The van der Waals surface area contributed by atoms with Gasteiger partial charge in [-0.15, -0.1) is 0 Å². The van der Waals surface area contributed by atoms with E-state index < -0.39 is 0 Å². The van der Waals surface area contributed by atoms with Gasteiger partial charge >= 0.3 is 0 Å². The molecule has 0 fully saturated rings. The predicted molar refractivity (Wildman–Crippen MR) is 206 cm³/mol. The van der Waals surface area contributed by atoms with E-state index in [1.807, 2.05) is 18.2 Å². The second-order valence-corrected chi connectivity index (χ2v) is 13.1. The number of fused-ring (bicyclic) bond motifs is 12. The van der Waals surface area contributed by atoms with E-state index in [2.05, 4.69) is 139 Å². The lowest BCUT2D eigenvalue weighted by Crippen LogP contribution is -1.93. The summed E-state index contributed by atoms with van der Waals surface area (Å²) < 4.78 is 15.2. The van der Waals surface area contributed by atoms with Gasteiger partial charge < -0.3 is 13.4 Å². The molecule has 0 aliphatic carbocycles. The molecule has 0 amide bonds. The van der Waals surface area contributed by atoms with Crippen LogP contribution in [0, 0.1) is 0 Å². The lowest BCUT2D eigenvalue weighted by Gasteiger charge is -2.18. The molecule has 0 aliphatic rings. The summed E-state index contributed by atoms with van der Waals surface area (Å²) in [6.07, 6.45) is 0. The Kier molecular flexibility index (Phi) is 5.37. The number of nitrogens with zero attached hydrogens (tertiary/aromatic N) is 1. The quantitative estimate of drug-likeness (QED) is 0.183. The molecule has 3 heteroatoms. The molecule has 0 spiro atoms. The summed E-state index contributed by atoms with van der Waals surface area (Å²) in [6, 6.07) is 52.5. The van der Waals surface area contributed by atoms with E-state index in [9.17, 15) is 0 Å². The summed E-state index contributed by atoms with van der Waals surface area (Å²) in [7, 11) is 0. The van der Waals surface area contributed by atoms with Crippen LogP contribution in [0.5, 0.6) is 0 Å². The van der Waals surface area contributed by atoms with Crippen LogP contribution in [0.25, 0.3) is 109 Å². The highest BCUT2D eigenvalue weighted by Crippen LogP contribution is 2.47. The van der Waals surface area contributed by atoms with E-state index in [1.54, 1.807) is 0 Å². The maximum Gasteiger partial charge on any atom is 0.136 e. The number of furan rings is 2. The van der Waals surface area contributed by atoms with Crippen molar-refractivity contribution >= 4 is 87.2 Å². The molecule has 0 saturated heterocycles. The normalized spacial score (nSPS) is 12.3. The highest BCUT2D eigenvalue weighted by atomic mass is 16.3. The summed E-state index contributed by atoms with van der Waals surface area (Å²) in [6.45, 7) is 3.11. The standard InChI is InChI=1S/C46H29NO2/c1-2-47-37-22-20-27(25-36(37)45-38(47)23-24-41-46(45)35-16-8-10-18-40(35)48-41)43-31-12-3-5-14-33(31)44(34-15-6-4-13-32(34)43)28-19-21-30-29-11-7-9-17-39(29)49-42(30)26-28/h3-26H,2H2,1H3. The Morgan fingerprint density at radius 1 is 0.388 bits per heavy atom. The van der Waals surface area contributed by atoms with Gasteiger partial charge in [-0.1, -0.05) is 97.1 Å². The maximum atomic E-state index is 6.37. The number of aryl methyl sites for hydroxylation is 1.